The van der Waals surface area contributed by atoms with E-state index in [2.05, 4.69) is 10.1 Å². The molecule has 1 unspecified atom stereocenters. The first kappa shape index (κ1) is 16.4. The molecular weight excluding hydrogens is 284 g/mol. The lowest BCUT2D eigenvalue weighted by molar-refractivity contribution is -0.384. The highest BCUT2D eigenvalue weighted by molar-refractivity contribution is 5.97. The van der Waals surface area contributed by atoms with Crippen molar-refractivity contribution in [1.82, 2.24) is 5.32 Å². The molecule has 2 N–H and O–H groups in total. The first-order chi connectivity index (χ1) is 9.90. The number of carbonyl (C=O) groups excluding carboxylic acids is 2. The molecule has 1 aromatic rings. The predicted molar refractivity (Wildman–Crippen MR) is 70.0 cm³/mol. The maximum absolute atomic E-state index is 11.9. The molecule has 0 aliphatic carbocycles. The normalized spacial score (nSPS) is 11.4. The molecular formula is C12H14N2O7. The van der Waals surface area contributed by atoms with Crippen LogP contribution in [-0.4, -0.2) is 48.8 Å². The van der Waals surface area contributed by atoms with Crippen molar-refractivity contribution in [3.63, 3.8) is 0 Å². The molecule has 9 heteroatoms. The van der Waals surface area contributed by atoms with E-state index in [1.54, 1.807) is 0 Å². The molecule has 0 fully saturated rings. The summed E-state index contributed by atoms with van der Waals surface area (Å²) in [5, 5.41) is 22.3. The van der Waals surface area contributed by atoms with Gasteiger partial charge in [0.1, 0.15) is 5.75 Å². The van der Waals surface area contributed by atoms with Crippen molar-refractivity contribution in [2.45, 2.75) is 6.10 Å². The summed E-state index contributed by atoms with van der Waals surface area (Å²) in [6.45, 7) is -0.356. The highest BCUT2D eigenvalue weighted by Crippen LogP contribution is 2.24. The molecule has 0 bridgehead atoms. The van der Waals surface area contributed by atoms with E-state index in [4.69, 9.17) is 4.74 Å². The Morgan fingerprint density at radius 3 is 2.62 bits per heavy atom. The second-order valence-electron chi connectivity index (χ2n) is 3.89. The fourth-order valence-electron chi connectivity index (χ4n) is 1.49. The fourth-order valence-corrected chi connectivity index (χ4v) is 1.49. The van der Waals surface area contributed by atoms with E-state index in [-0.39, 0.29) is 23.5 Å². The molecule has 0 saturated heterocycles. The minimum absolute atomic E-state index is 0.00857. The Balaban J connectivity index is 2.83. The van der Waals surface area contributed by atoms with Gasteiger partial charge in [0.05, 0.1) is 37.3 Å². The van der Waals surface area contributed by atoms with Gasteiger partial charge in [0.2, 0.25) is 0 Å². The summed E-state index contributed by atoms with van der Waals surface area (Å²) in [6.07, 6.45) is -1.50. The fraction of sp³-hybridized carbons (Fsp3) is 0.333. The van der Waals surface area contributed by atoms with Crippen molar-refractivity contribution in [1.29, 1.82) is 0 Å². The number of nitro benzene ring substituents is 1. The molecule has 21 heavy (non-hydrogen) atoms. The summed E-state index contributed by atoms with van der Waals surface area (Å²) in [6, 6.07) is 3.47. The zero-order chi connectivity index (χ0) is 16.0. The van der Waals surface area contributed by atoms with Gasteiger partial charge in [-0.25, -0.2) is 4.79 Å². The van der Waals surface area contributed by atoms with Crippen LogP contribution in [0.2, 0.25) is 0 Å². The summed E-state index contributed by atoms with van der Waals surface area (Å²) >= 11 is 0. The number of nitro groups is 1. The Morgan fingerprint density at radius 2 is 2.10 bits per heavy atom. The highest BCUT2D eigenvalue weighted by atomic mass is 16.6. The number of aliphatic hydroxyl groups is 1. The van der Waals surface area contributed by atoms with Gasteiger partial charge < -0.3 is 19.9 Å². The Hall–Kier alpha value is -2.68. The summed E-state index contributed by atoms with van der Waals surface area (Å²) in [5.41, 5.74) is -0.182. The van der Waals surface area contributed by atoms with Crippen LogP contribution in [0.1, 0.15) is 10.4 Å². The number of hydrogen-bond acceptors (Lipinski definition) is 7. The van der Waals surface area contributed by atoms with Crippen LogP contribution < -0.4 is 10.1 Å². The van der Waals surface area contributed by atoms with Crippen molar-refractivity contribution in [3.8, 4) is 5.75 Å². The van der Waals surface area contributed by atoms with Gasteiger partial charge in [0.15, 0.2) is 6.10 Å². The van der Waals surface area contributed by atoms with Crippen LogP contribution in [0.4, 0.5) is 5.69 Å². The zero-order valence-corrected chi connectivity index (χ0v) is 11.4. The van der Waals surface area contributed by atoms with Gasteiger partial charge in [-0.3, -0.25) is 14.9 Å². The van der Waals surface area contributed by atoms with Crippen molar-refractivity contribution in [2.24, 2.45) is 0 Å². The number of esters is 1. The summed E-state index contributed by atoms with van der Waals surface area (Å²) < 4.78 is 9.21. The highest BCUT2D eigenvalue weighted by Gasteiger charge is 2.20. The molecule has 0 aliphatic rings. The van der Waals surface area contributed by atoms with Crippen LogP contribution in [0.15, 0.2) is 18.2 Å². The van der Waals surface area contributed by atoms with Crippen LogP contribution in [0.3, 0.4) is 0 Å². The smallest absolute Gasteiger partial charge is 0.336 e. The molecule has 0 radical (unpaired) electrons. The number of methoxy groups -OCH3 is 2. The van der Waals surface area contributed by atoms with Crippen molar-refractivity contribution >= 4 is 17.6 Å². The molecule has 1 atom stereocenters. The van der Waals surface area contributed by atoms with Gasteiger partial charge >= 0.3 is 5.97 Å². The number of aliphatic hydroxyl groups excluding tert-OH is 1. The standard InChI is InChI=1S/C12H14N2O7/c1-20-10-5-7(14(18)19)3-4-8(10)11(16)13-6-9(15)12(17)21-2/h3-5,9,15H,6H2,1-2H3,(H,13,16). The molecule has 0 spiro atoms. The number of rotatable bonds is 6. The molecule has 9 nitrogen and oxygen atoms in total. The minimum Gasteiger partial charge on any atom is -0.496 e. The number of carbonyl (C=O) groups is 2. The van der Waals surface area contributed by atoms with Crippen LogP contribution in [-0.2, 0) is 9.53 Å². The minimum atomic E-state index is -1.50. The van der Waals surface area contributed by atoms with Gasteiger partial charge in [0.25, 0.3) is 11.6 Å². The Bertz CT molecular complexity index is 559. The molecule has 1 rings (SSSR count). The quantitative estimate of drug-likeness (QED) is 0.425. The third kappa shape index (κ3) is 4.14. The number of hydrogen-bond donors (Lipinski definition) is 2. The SMILES string of the molecule is COC(=O)C(O)CNC(=O)c1ccc([N+](=O)[O-])cc1OC. The number of amides is 1. The van der Waals surface area contributed by atoms with E-state index in [1.807, 2.05) is 0 Å². The molecule has 0 heterocycles. The van der Waals surface area contributed by atoms with Crippen molar-refractivity contribution < 1.29 is 29.1 Å². The number of nitrogens with one attached hydrogen (secondary N) is 1. The van der Waals surface area contributed by atoms with E-state index in [9.17, 15) is 24.8 Å². The third-order valence-electron chi connectivity index (χ3n) is 2.57. The summed E-state index contributed by atoms with van der Waals surface area (Å²) in [5.74, 6) is -1.52. The largest absolute Gasteiger partial charge is 0.496 e. The first-order valence-electron chi connectivity index (χ1n) is 5.77. The Kier molecular flexibility index (Phi) is 5.61. The Morgan fingerprint density at radius 1 is 1.43 bits per heavy atom. The van der Waals surface area contributed by atoms with E-state index >= 15 is 0 Å². The maximum atomic E-state index is 11.9. The number of nitrogens with zero attached hydrogens (tertiary/aromatic N) is 1. The second kappa shape index (κ2) is 7.20. The average molecular weight is 298 g/mol. The lowest BCUT2D eigenvalue weighted by atomic mass is 10.1. The Labute approximate surface area is 119 Å². The van der Waals surface area contributed by atoms with Gasteiger partial charge in [0, 0.05) is 6.07 Å². The van der Waals surface area contributed by atoms with E-state index in [1.165, 1.54) is 13.2 Å². The van der Waals surface area contributed by atoms with Crippen LogP contribution >= 0.6 is 0 Å². The lowest BCUT2D eigenvalue weighted by Gasteiger charge is -2.11. The second-order valence-corrected chi connectivity index (χ2v) is 3.89. The average Bonchev–Trinajstić information content (AvgIpc) is 2.50. The van der Waals surface area contributed by atoms with E-state index in [0.717, 1.165) is 19.2 Å². The molecule has 0 aliphatic heterocycles. The number of benzene rings is 1. The third-order valence-corrected chi connectivity index (χ3v) is 2.57. The molecule has 0 aromatic heterocycles. The molecule has 1 amide bonds. The van der Waals surface area contributed by atoms with Crippen molar-refractivity contribution in [3.05, 3.63) is 33.9 Å². The van der Waals surface area contributed by atoms with Gasteiger partial charge in [-0.15, -0.1) is 0 Å². The lowest BCUT2D eigenvalue weighted by Crippen LogP contribution is -2.37. The number of ether oxygens (including phenoxy) is 2. The maximum Gasteiger partial charge on any atom is 0.336 e. The van der Waals surface area contributed by atoms with Gasteiger partial charge in [-0.2, -0.15) is 0 Å². The predicted octanol–water partition coefficient (Wildman–Crippen LogP) is -0.133. The molecule has 114 valence electrons. The first-order valence-corrected chi connectivity index (χ1v) is 5.77. The van der Waals surface area contributed by atoms with Crippen molar-refractivity contribution in [2.75, 3.05) is 20.8 Å². The monoisotopic (exact) mass is 298 g/mol. The summed E-state index contributed by atoms with van der Waals surface area (Å²) in [4.78, 5) is 32.9. The number of non-ortho nitro benzene ring substituents is 1. The van der Waals surface area contributed by atoms with Crippen LogP contribution in [0.5, 0.6) is 5.75 Å². The van der Waals surface area contributed by atoms with E-state index < -0.39 is 22.9 Å². The molecule has 0 saturated carbocycles. The summed E-state index contributed by atoms with van der Waals surface area (Å²) in [7, 11) is 2.37. The van der Waals surface area contributed by atoms with E-state index in [0.29, 0.717) is 0 Å². The topological polar surface area (TPSA) is 128 Å². The van der Waals surface area contributed by atoms with Gasteiger partial charge in [-0.1, -0.05) is 0 Å². The van der Waals surface area contributed by atoms with Crippen LogP contribution in [0.25, 0.3) is 0 Å². The zero-order valence-electron chi connectivity index (χ0n) is 11.4. The van der Waals surface area contributed by atoms with Gasteiger partial charge in [-0.05, 0) is 6.07 Å². The van der Waals surface area contributed by atoms with Crippen LogP contribution in [0, 0.1) is 10.1 Å². The molecule has 1 aromatic carbocycles.